The smallest absolute Gasteiger partial charge is 0.106 e. The molecule has 1 aromatic heterocycles. The molecule has 0 unspecified atom stereocenters. The summed E-state index contributed by atoms with van der Waals surface area (Å²) in [7, 11) is 0. The van der Waals surface area contributed by atoms with Crippen molar-refractivity contribution in [3.8, 4) is 0 Å². The number of thiocarbonyl (C=S) groups is 1. The van der Waals surface area contributed by atoms with Crippen molar-refractivity contribution >= 4 is 60.4 Å². The second-order valence-electron chi connectivity index (χ2n) is 3.53. The highest BCUT2D eigenvalue weighted by Gasteiger charge is 2.07. The van der Waals surface area contributed by atoms with Crippen LogP contribution >= 0.6 is 44.1 Å². The molecule has 0 spiro atoms. The number of hydrogen-bond acceptors (Lipinski definition) is 3. The molecule has 0 saturated heterocycles. The Morgan fingerprint density at radius 3 is 2.67 bits per heavy atom. The third kappa shape index (κ3) is 3.07. The van der Waals surface area contributed by atoms with Gasteiger partial charge >= 0.3 is 0 Å². The molecular formula is C12H9Br2N3S. The Bertz CT molecular complexity index is 602. The van der Waals surface area contributed by atoms with Gasteiger partial charge in [0.05, 0.1) is 17.6 Å². The third-order valence-corrected chi connectivity index (χ3v) is 3.66. The largest absolute Gasteiger partial charge is 0.389 e. The van der Waals surface area contributed by atoms with E-state index in [1.54, 1.807) is 18.5 Å². The van der Waals surface area contributed by atoms with Crippen molar-refractivity contribution in [2.24, 2.45) is 5.73 Å². The molecule has 0 atom stereocenters. The van der Waals surface area contributed by atoms with Gasteiger partial charge in [0.1, 0.15) is 4.99 Å². The van der Waals surface area contributed by atoms with Crippen molar-refractivity contribution in [2.75, 3.05) is 5.32 Å². The summed E-state index contributed by atoms with van der Waals surface area (Å²) in [5.74, 6) is 0. The van der Waals surface area contributed by atoms with Crippen LogP contribution in [0.25, 0.3) is 0 Å². The molecule has 0 bridgehead atoms. The highest BCUT2D eigenvalue weighted by Crippen LogP contribution is 2.29. The summed E-state index contributed by atoms with van der Waals surface area (Å²) in [6.45, 7) is 0. The first-order chi connectivity index (χ1) is 8.58. The molecule has 18 heavy (non-hydrogen) atoms. The maximum Gasteiger partial charge on any atom is 0.106 e. The van der Waals surface area contributed by atoms with E-state index in [9.17, 15) is 0 Å². The van der Waals surface area contributed by atoms with Crippen LogP contribution in [0.15, 0.2) is 45.6 Å². The molecule has 0 aliphatic heterocycles. The number of nitrogens with two attached hydrogens (primary N) is 1. The van der Waals surface area contributed by atoms with E-state index in [1.807, 2.05) is 18.2 Å². The van der Waals surface area contributed by atoms with Gasteiger partial charge in [0.15, 0.2) is 0 Å². The summed E-state index contributed by atoms with van der Waals surface area (Å²) >= 11 is 11.9. The van der Waals surface area contributed by atoms with Gasteiger partial charge in [-0.25, -0.2) is 0 Å². The van der Waals surface area contributed by atoms with Crippen LogP contribution in [0, 0.1) is 0 Å². The van der Waals surface area contributed by atoms with Gasteiger partial charge in [0.2, 0.25) is 0 Å². The van der Waals surface area contributed by atoms with Gasteiger partial charge < -0.3 is 11.1 Å². The predicted octanol–water partition coefficient (Wildman–Crippen LogP) is 3.98. The fourth-order valence-corrected chi connectivity index (χ4v) is 2.77. The Morgan fingerprint density at radius 2 is 2.00 bits per heavy atom. The summed E-state index contributed by atoms with van der Waals surface area (Å²) in [5.41, 5.74) is 8.15. The number of anilines is 2. The Balaban J connectivity index is 2.37. The molecule has 0 radical (unpaired) electrons. The predicted molar refractivity (Wildman–Crippen MR) is 85.2 cm³/mol. The lowest BCUT2D eigenvalue weighted by Gasteiger charge is -2.12. The monoisotopic (exact) mass is 385 g/mol. The Kier molecular flexibility index (Phi) is 4.31. The molecule has 0 saturated carbocycles. The third-order valence-electron chi connectivity index (χ3n) is 2.29. The lowest BCUT2D eigenvalue weighted by atomic mass is 10.2. The maximum atomic E-state index is 5.67. The van der Waals surface area contributed by atoms with Gasteiger partial charge in [-0.2, -0.15) is 0 Å². The quantitative estimate of drug-likeness (QED) is 0.783. The number of nitrogens with zero attached hydrogens (tertiary/aromatic N) is 1. The second kappa shape index (κ2) is 5.77. The highest BCUT2D eigenvalue weighted by molar-refractivity contribution is 9.11. The average molecular weight is 387 g/mol. The summed E-state index contributed by atoms with van der Waals surface area (Å²) in [6, 6.07) is 7.64. The van der Waals surface area contributed by atoms with Crippen LogP contribution in [0.1, 0.15) is 5.56 Å². The zero-order chi connectivity index (χ0) is 13.1. The van der Waals surface area contributed by atoms with Crippen LogP contribution in [-0.4, -0.2) is 9.97 Å². The van der Waals surface area contributed by atoms with Gasteiger partial charge in [0.25, 0.3) is 0 Å². The minimum atomic E-state index is 0.341. The van der Waals surface area contributed by atoms with Crippen LogP contribution in [0.3, 0.4) is 0 Å². The summed E-state index contributed by atoms with van der Waals surface area (Å²) in [4.78, 5) is 4.41. The number of rotatable bonds is 3. The van der Waals surface area contributed by atoms with Crippen molar-refractivity contribution in [3.05, 3.63) is 51.2 Å². The minimum Gasteiger partial charge on any atom is -0.389 e. The fraction of sp³-hybridized carbons (Fsp3) is 0. The van der Waals surface area contributed by atoms with Crippen LogP contribution < -0.4 is 11.1 Å². The molecule has 0 amide bonds. The van der Waals surface area contributed by atoms with Gasteiger partial charge in [-0.15, -0.1) is 0 Å². The number of nitrogens with one attached hydrogen (secondary N) is 1. The fourth-order valence-electron chi connectivity index (χ4n) is 1.44. The van der Waals surface area contributed by atoms with Gasteiger partial charge in [-0.3, -0.25) is 4.98 Å². The van der Waals surface area contributed by atoms with Crippen molar-refractivity contribution in [1.29, 1.82) is 0 Å². The molecule has 1 heterocycles. The SMILES string of the molecule is NC(=S)c1ccncc1Nc1ccc(Br)cc1Br. The molecule has 3 nitrogen and oxygen atoms in total. The van der Waals surface area contributed by atoms with Crippen molar-refractivity contribution in [1.82, 2.24) is 4.98 Å². The molecule has 0 aliphatic rings. The van der Waals surface area contributed by atoms with Crippen LogP contribution in [0.4, 0.5) is 11.4 Å². The molecule has 1 aromatic carbocycles. The van der Waals surface area contributed by atoms with Crippen LogP contribution in [-0.2, 0) is 0 Å². The van der Waals surface area contributed by atoms with E-state index >= 15 is 0 Å². The zero-order valence-electron chi connectivity index (χ0n) is 9.15. The van der Waals surface area contributed by atoms with Gasteiger partial charge in [-0.05, 0) is 40.2 Å². The number of benzene rings is 1. The number of aromatic nitrogens is 1. The Morgan fingerprint density at radius 1 is 1.22 bits per heavy atom. The Hall–Kier alpha value is -0.980. The van der Waals surface area contributed by atoms with E-state index in [-0.39, 0.29) is 0 Å². The minimum absolute atomic E-state index is 0.341. The zero-order valence-corrected chi connectivity index (χ0v) is 13.1. The topological polar surface area (TPSA) is 50.9 Å². The van der Waals surface area contributed by atoms with E-state index in [0.29, 0.717) is 4.99 Å². The summed E-state index contributed by atoms with van der Waals surface area (Å²) in [5, 5.41) is 3.25. The van der Waals surface area contributed by atoms with E-state index in [0.717, 1.165) is 25.9 Å². The van der Waals surface area contributed by atoms with E-state index in [4.69, 9.17) is 18.0 Å². The van der Waals surface area contributed by atoms with Gasteiger partial charge in [-0.1, -0.05) is 28.1 Å². The van der Waals surface area contributed by atoms with E-state index in [2.05, 4.69) is 42.2 Å². The highest BCUT2D eigenvalue weighted by atomic mass is 79.9. The lowest BCUT2D eigenvalue weighted by molar-refractivity contribution is 1.31. The molecule has 6 heteroatoms. The summed E-state index contributed by atoms with van der Waals surface area (Å²) in [6.07, 6.45) is 3.36. The molecule has 92 valence electrons. The first-order valence-corrected chi connectivity index (χ1v) is 7.03. The average Bonchev–Trinajstić information content (AvgIpc) is 2.33. The van der Waals surface area contributed by atoms with E-state index < -0.39 is 0 Å². The standard InChI is InChI=1S/C12H9Br2N3S/c13-7-1-2-10(9(14)5-7)17-11-6-16-4-3-8(11)12(15)18/h1-6,17H,(H2,15,18). The first kappa shape index (κ1) is 13.5. The molecule has 2 rings (SSSR count). The molecule has 3 N–H and O–H groups in total. The number of halogens is 2. The van der Waals surface area contributed by atoms with E-state index in [1.165, 1.54) is 0 Å². The molecular weight excluding hydrogens is 378 g/mol. The number of pyridine rings is 1. The lowest BCUT2D eigenvalue weighted by Crippen LogP contribution is -2.12. The first-order valence-electron chi connectivity index (χ1n) is 5.04. The van der Waals surface area contributed by atoms with Crippen LogP contribution in [0.2, 0.25) is 0 Å². The van der Waals surface area contributed by atoms with Crippen LogP contribution in [0.5, 0.6) is 0 Å². The normalized spacial score (nSPS) is 10.1. The van der Waals surface area contributed by atoms with Crippen molar-refractivity contribution in [2.45, 2.75) is 0 Å². The molecule has 0 aliphatic carbocycles. The summed E-state index contributed by atoms with van der Waals surface area (Å²) < 4.78 is 1.94. The Labute approximate surface area is 127 Å². The molecule has 0 fully saturated rings. The second-order valence-corrected chi connectivity index (χ2v) is 5.74. The van der Waals surface area contributed by atoms with Crippen molar-refractivity contribution in [3.63, 3.8) is 0 Å². The van der Waals surface area contributed by atoms with Crippen molar-refractivity contribution < 1.29 is 0 Å². The maximum absolute atomic E-state index is 5.67. The van der Waals surface area contributed by atoms with Gasteiger partial charge in [0, 0.05) is 20.7 Å². The number of hydrogen-bond donors (Lipinski definition) is 2. The molecule has 2 aromatic rings.